The Kier molecular flexibility index (Phi) is 10.5. The third-order valence-corrected chi connectivity index (χ3v) is 8.33. The van der Waals surface area contributed by atoms with Crippen molar-refractivity contribution in [2.45, 2.75) is 13.1 Å². The second-order valence-corrected chi connectivity index (χ2v) is 11.6. The number of carbonyl (C=O) groups is 2. The molecular weight excluding hydrogens is 675 g/mol. The van der Waals surface area contributed by atoms with E-state index in [-0.39, 0.29) is 37.9 Å². The predicted octanol–water partition coefficient (Wildman–Crippen LogP) is 8.64. The summed E-state index contributed by atoms with van der Waals surface area (Å²) in [5.41, 5.74) is 19.2. The fraction of sp³-hybridized carbons (Fsp3) is 0.105. The predicted molar refractivity (Wildman–Crippen MR) is 205 cm³/mol. The molecular formula is C38H34Cl2N6O4. The van der Waals surface area contributed by atoms with Crippen molar-refractivity contribution in [2.75, 3.05) is 35.5 Å². The molecule has 0 aliphatic carbocycles. The first kappa shape index (κ1) is 35.5. The van der Waals surface area contributed by atoms with Crippen LogP contribution in [-0.2, 0) is 22.6 Å². The Hall–Kier alpha value is -5.84. The van der Waals surface area contributed by atoms with Gasteiger partial charge >= 0.3 is 12.2 Å². The van der Waals surface area contributed by atoms with Crippen LogP contribution in [0.1, 0.15) is 11.1 Å². The molecule has 2 heterocycles. The van der Waals surface area contributed by atoms with Crippen LogP contribution >= 0.6 is 24.8 Å². The Morgan fingerprint density at radius 2 is 0.920 bits per heavy atom. The van der Waals surface area contributed by atoms with E-state index >= 15 is 0 Å². The Morgan fingerprint density at radius 1 is 0.540 bits per heavy atom. The maximum Gasteiger partial charge on any atom is 0.414 e. The summed E-state index contributed by atoms with van der Waals surface area (Å²) in [4.78, 5) is 38.8. The van der Waals surface area contributed by atoms with Crippen molar-refractivity contribution in [1.29, 1.82) is 0 Å². The van der Waals surface area contributed by atoms with Crippen LogP contribution < -0.4 is 21.3 Å². The molecule has 50 heavy (non-hydrogen) atoms. The smallest absolute Gasteiger partial charge is 0.414 e. The summed E-state index contributed by atoms with van der Waals surface area (Å²) in [6.07, 6.45) is -1.03. The van der Waals surface area contributed by atoms with Crippen LogP contribution in [-0.4, -0.2) is 36.4 Å². The fourth-order valence-electron chi connectivity index (χ4n) is 5.93. The minimum absolute atomic E-state index is 0. The van der Waals surface area contributed by atoms with Gasteiger partial charge in [-0.15, -0.1) is 24.8 Å². The molecule has 0 saturated heterocycles. The number of nitrogens with two attached hydrogens (primary N) is 2. The SMILES string of the molecule is COC(=O)N(Cc1cccc(CN(C(=O)OC)c2ccc3cc4ccc(N)cc4nc3c2)c1)c1ccc2cc3ccc(N)cc3nc2c1.Cl.Cl. The topological polar surface area (TPSA) is 137 Å². The van der Waals surface area contributed by atoms with Crippen molar-refractivity contribution < 1.29 is 19.1 Å². The molecule has 0 unspecified atom stereocenters. The number of methoxy groups -OCH3 is 2. The van der Waals surface area contributed by atoms with Crippen LogP contribution in [0, 0.1) is 0 Å². The lowest BCUT2D eigenvalue weighted by Gasteiger charge is -2.24. The number of benzene rings is 5. The van der Waals surface area contributed by atoms with E-state index in [1.54, 1.807) is 9.80 Å². The van der Waals surface area contributed by atoms with E-state index in [1.165, 1.54) is 14.2 Å². The number of pyridine rings is 2. The van der Waals surface area contributed by atoms with Gasteiger partial charge in [-0.3, -0.25) is 9.80 Å². The molecule has 2 aromatic heterocycles. The maximum absolute atomic E-state index is 13.1. The highest BCUT2D eigenvalue weighted by Gasteiger charge is 2.21. The van der Waals surface area contributed by atoms with Gasteiger partial charge in [0, 0.05) is 44.3 Å². The number of amides is 2. The molecule has 12 heteroatoms. The van der Waals surface area contributed by atoms with E-state index in [2.05, 4.69) is 0 Å². The van der Waals surface area contributed by atoms with E-state index in [4.69, 9.17) is 30.9 Å². The van der Waals surface area contributed by atoms with Gasteiger partial charge in [0.2, 0.25) is 0 Å². The minimum Gasteiger partial charge on any atom is -0.452 e. The molecule has 7 rings (SSSR count). The Bertz CT molecular complexity index is 2230. The zero-order valence-electron chi connectivity index (χ0n) is 27.2. The number of ether oxygens (including phenoxy) is 2. The van der Waals surface area contributed by atoms with E-state index in [1.807, 2.05) is 109 Å². The summed E-state index contributed by atoms with van der Waals surface area (Å²) in [6.45, 7) is 0.446. The maximum atomic E-state index is 13.1. The van der Waals surface area contributed by atoms with Gasteiger partial charge in [0.1, 0.15) is 0 Å². The standard InChI is InChI=1S/C38H32N6O4.2ClH/c1-47-37(45)43(31-12-8-27-15-25-6-10-29(39)17-33(25)41-35(27)19-31)21-23-4-3-5-24(14-23)22-44(38(46)48-2)32-13-9-28-16-26-7-11-30(40)18-34(26)42-36(28)20-32;;/h3-20H,21-22,39-40H2,1-2H3;2*1H. The summed E-state index contributed by atoms with van der Waals surface area (Å²) in [7, 11) is 2.71. The Balaban J connectivity index is 0.00000243. The number of nitrogens with zero attached hydrogens (tertiary/aromatic N) is 4. The number of rotatable bonds is 6. The number of anilines is 4. The van der Waals surface area contributed by atoms with Crippen molar-refractivity contribution in [3.63, 3.8) is 0 Å². The molecule has 2 amide bonds. The summed E-state index contributed by atoms with van der Waals surface area (Å²) < 4.78 is 10.3. The molecule has 0 saturated carbocycles. The average molecular weight is 710 g/mol. The highest BCUT2D eigenvalue weighted by Crippen LogP contribution is 2.29. The van der Waals surface area contributed by atoms with Crippen LogP contribution in [0.25, 0.3) is 43.6 Å². The molecule has 0 fully saturated rings. The average Bonchev–Trinajstić information content (AvgIpc) is 3.10. The first-order valence-electron chi connectivity index (χ1n) is 15.3. The molecule has 10 nitrogen and oxygen atoms in total. The van der Waals surface area contributed by atoms with Gasteiger partial charge in [-0.25, -0.2) is 19.6 Å². The molecule has 0 radical (unpaired) electrons. The van der Waals surface area contributed by atoms with Gasteiger partial charge in [0.05, 0.1) is 49.4 Å². The molecule has 5 aromatic carbocycles. The molecule has 254 valence electrons. The lowest BCUT2D eigenvalue weighted by molar-refractivity contribution is 0.177. The van der Waals surface area contributed by atoms with Crippen LogP contribution in [0.3, 0.4) is 0 Å². The lowest BCUT2D eigenvalue weighted by atomic mass is 10.1. The molecule has 4 N–H and O–H groups in total. The number of hydrogen-bond acceptors (Lipinski definition) is 8. The number of aromatic nitrogens is 2. The van der Waals surface area contributed by atoms with Gasteiger partial charge in [0.15, 0.2) is 0 Å². The molecule has 0 bridgehead atoms. The summed E-state index contributed by atoms with van der Waals surface area (Å²) in [5, 5.41) is 3.83. The van der Waals surface area contributed by atoms with E-state index in [9.17, 15) is 9.59 Å². The fourth-order valence-corrected chi connectivity index (χ4v) is 5.93. The van der Waals surface area contributed by atoms with Gasteiger partial charge < -0.3 is 20.9 Å². The number of fused-ring (bicyclic) bond motifs is 4. The molecule has 0 aliphatic heterocycles. The third kappa shape index (κ3) is 7.12. The first-order chi connectivity index (χ1) is 23.3. The Labute approximate surface area is 300 Å². The second kappa shape index (κ2) is 14.7. The van der Waals surface area contributed by atoms with Crippen molar-refractivity contribution in [3.8, 4) is 0 Å². The largest absolute Gasteiger partial charge is 0.452 e. The monoisotopic (exact) mass is 708 g/mol. The van der Waals surface area contributed by atoms with Crippen LogP contribution in [0.4, 0.5) is 32.3 Å². The van der Waals surface area contributed by atoms with Crippen molar-refractivity contribution in [1.82, 2.24) is 9.97 Å². The number of halogens is 2. The van der Waals surface area contributed by atoms with Crippen LogP contribution in [0.15, 0.2) is 109 Å². The Morgan fingerprint density at radius 3 is 1.32 bits per heavy atom. The zero-order valence-corrected chi connectivity index (χ0v) is 28.8. The normalized spacial score (nSPS) is 10.8. The van der Waals surface area contributed by atoms with Gasteiger partial charge in [-0.2, -0.15) is 0 Å². The quantitative estimate of drug-likeness (QED) is 0.129. The second-order valence-electron chi connectivity index (χ2n) is 11.6. The van der Waals surface area contributed by atoms with Crippen molar-refractivity contribution in [2.24, 2.45) is 0 Å². The lowest BCUT2D eigenvalue weighted by Crippen LogP contribution is -2.31. The zero-order chi connectivity index (χ0) is 33.4. The minimum atomic E-state index is -0.515. The third-order valence-electron chi connectivity index (χ3n) is 8.33. The highest BCUT2D eigenvalue weighted by atomic mass is 35.5. The van der Waals surface area contributed by atoms with E-state index < -0.39 is 12.2 Å². The van der Waals surface area contributed by atoms with Gasteiger partial charge in [-0.05, 0) is 71.8 Å². The molecule has 0 aliphatic rings. The summed E-state index contributed by atoms with van der Waals surface area (Å²) in [5.74, 6) is 0. The molecule has 0 atom stereocenters. The summed E-state index contributed by atoms with van der Waals surface area (Å²) in [6, 6.07) is 34.4. The van der Waals surface area contributed by atoms with Crippen LogP contribution in [0.2, 0.25) is 0 Å². The van der Waals surface area contributed by atoms with E-state index in [0.29, 0.717) is 22.7 Å². The van der Waals surface area contributed by atoms with Crippen LogP contribution in [0.5, 0.6) is 0 Å². The van der Waals surface area contributed by atoms with Gasteiger partial charge in [0.25, 0.3) is 0 Å². The van der Waals surface area contributed by atoms with Crippen molar-refractivity contribution >= 4 is 103 Å². The van der Waals surface area contributed by atoms with Crippen molar-refractivity contribution in [3.05, 3.63) is 120 Å². The van der Waals surface area contributed by atoms with E-state index in [0.717, 1.165) is 54.7 Å². The molecule has 0 spiro atoms. The van der Waals surface area contributed by atoms with Gasteiger partial charge in [-0.1, -0.05) is 48.5 Å². The molecule has 7 aromatic rings. The number of carbonyl (C=O) groups excluding carboxylic acids is 2. The number of nitrogen functional groups attached to an aromatic ring is 2. The first-order valence-corrected chi connectivity index (χ1v) is 15.3. The summed E-state index contributed by atoms with van der Waals surface area (Å²) >= 11 is 0. The highest BCUT2D eigenvalue weighted by molar-refractivity contribution is 5.98. The number of hydrogen-bond donors (Lipinski definition) is 2.